The molecule has 1 aliphatic carbocycles. The van der Waals surface area contributed by atoms with E-state index in [-0.39, 0.29) is 12.5 Å². The normalized spacial score (nSPS) is 28.1. The molecule has 2 aliphatic rings. The van der Waals surface area contributed by atoms with Gasteiger partial charge in [0, 0.05) is 13.0 Å². The second-order valence-corrected chi connectivity index (χ2v) is 4.35. The predicted molar refractivity (Wildman–Crippen MR) is 51.3 cm³/mol. The van der Waals surface area contributed by atoms with Crippen LogP contribution in [-0.4, -0.2) is 35.2 Å². The van der Waals surface area contributed by atoms with Crippen LogP contribution in [0, 0.1) is 12.3 Å². The summed E-state index contributed by atoms with van der Waals surface area (Å²) >= 11 is 0. The van der Waals surface area contributed by atoms with Crippen LogP contribution in [0.15, 0.2) is 0 Å². The van der Waals surface area contributed by atoms with E-state index in [1.807, 2.05) is 0 Å². The number of amides is 2. The Bertz CT molecular complexity index is 329. The molecular formula is C10H13F2N2O2. The molecule has 89 valence electrons. The first-order valence-corrected chi connectivity index (χ1v) is 5.24. The highest BCUT2D eigenvalue weighted by atomic mass is 19.3. The molecule has 0 aromatic rings. The molecule has 1 saturated heterocycles. The van der Waals surface area contributed by atoms with E-state index in [2.05, 4.69) is 0 Å². The Labute approximate surface area is 91.8 Å². The molecule has 1 heterocycles. The van der Waals surface area contributed by atoms with Crippen LogP contribution in [-0.2, 0) is 9.59 Å². The van der Waals surface area contributed by atoms with Crippen LogP contribution in [0.1, 0.15) is 19.3 Å². The first-order valence-electron chi connectivity index (χ1n) is 5.24. The molecule has 2 amide bonds. The third kappa shape index (κ3) is 2.01. The average molecular weight is 231 g/mol. The zero-order chi connectivity index (χ0) is 11.9. The highest BCUT2D eigenvalue weighted by molar-refractivity contribution is 5.92. The fourth-order valence-electron chi connectivity index (χ4n) is 1.92. The molecule has 0 aromatic carbocycles. The first kappa shape index (κ1) is 11.3. The molecule has 0 bridgehead atoms. The van der Waals surface area contributed by atoms with Gasteiger partial charge in [0.25, 0.3) is 5.92 Å². The lowest BCUT2D eigenvalue weighted by molar-refractivity contribution is -0.143. The summed E-state index contributed by atoms with van der Waals surface area (Å²) < 4.78 is 26.6. The number of rotatable bonds is 3. The maximum Gasteiger partial charge on any atom is 0.278 e. The zero-order valence-corrected chi connectivity index (χ0v) is 8.66. The molecule has 1 saturated carbocycles. The number of carbonyl (C=O) groups is 2. The van der Waals surface area contributed by atoms with Gasteiger partial charge in [-0.1, -0.05) is 0 Å². The van der Waals surface area contributed by atoms with Crippen molar-refractivity contribution in [2.75, 3.05) is 6.54 Å². The van der Waals surface area contributed by atoms with Crippen LogP contribution in [0.25, 0.3) is 0 Å². The van der Waals surface area contributed by atoms with E-state index in [1.54, 1.807) is 0 Å². The van der Waals surface area contributed by atoms with Gasteiger partial charge in [-0.25, -0.2) is 8.78 Å². The van der Waals surface area contributed by atoms with E-state index in [0.717, 1.165) is 17.7 Å². The summed E-state index contributed by atoms with van der Waals surface area (Å²) in [4.78, 5) is 23.5. The Hall–Kier alpha value is -1.20. The zero-order valence-electron chi connectivity index (χ0n) is 8.66. The van der Waals surface area contributed by atoms with Gasteiger partial charge < -0.3 is 10.6 Å². The van der Waals surface area contributed by atoms with E-state index in [0.29, 0.717) is 0 Å². The lowest BCUT2D eigenvalue weighted by Crippen LogP contribution is -2.51. The summed E-state index contributed by atoms with van der Waals surface area (Å²) in [6.45, 7) is -0.108. The largest absolute Gasteiger partial charge is 0.368 e. The maximum atomic E-state index is 13.3. The molecule has 2 N–H and O–H groups in total. The number of hydrogen-bond donors (Lipinski definition) is 1. The minimum Gasteiger partial charge on any atom is -0.368 e. The molecule has 0 aromatic heterocycles. The molecule has 0 unspecified atom stereocenters. The molecule has 4 nitrogen and oxygen atoms in total. The highest BCUT2D eigenvalue weighted by Gasteiger charge is 2.54. The van der Waals surface area contributed by atoms with Crippen molar-refractivity contribution in [3.05, 3.63) is 6.42 Å². The van der Waals surface area contributed by atoms with Gasteiger partial charge in [-0.3, -0.25) is 9.59 Å². The fourth-order valence-corrected chi connectivity index (χ4v) is 1.92. The number of carbonyl (C=O) groups excluding carboxylic acids is 2. The molecule has 2 fully saturated rings. The summed E-state index contributed by atoms with van der Waals surface area (Å²) in [6, 6.07) is -1.78. The van der Waals surface area contributed by atoms with Crippen LogP contribution in [0.2, 0.25) is 0 Å². The molecular weight excluding hydrogens is 218 g/mol. The quantitative estimate of drug-likeness (QED) is 0.760. The number of primary amides is 1. The van der Waals surface area contributed by atoms with Gasteiger partial charge in [0.1, 0.15) is 0 Å². The van der Waals surface area contributed by atoms with E-state index in [4.69, 9.17) is 5.73 Å². The second-order valence-electron chi connectivity index (χ2n) is 4.35. The smallest absolute Gasteiger partial charge is 0.278 e. The maximum absolute atomic E-state index is 13.3. The number of nitrogens with two attached hydrogens (primary N) is 1. The van der Waals surface area contributed by atoms with E-state index >= 15 is 0 Å². The Balaban J connectivity index is 2.08. The van der Waals surface area contributed by atoms with Crippen molar-refractivity contribution in [3.63, 3.8) is 0 Å². The molecule has 6 heteroatoms. The first-order chi connectivity index (χ1) is 7.42. The van der Waals surface area contributed by atoms with Crippen molar-refractivity contribution in [1.82, 2.24) is 4.90 Å². The molecule has 1 radical (unpaired) electrons. The number of halogens is 2. The SMILES string of the molecule is NC(=O)[C@H]1N(C(=O)[CH]C2CC2)CCC1(F)F. The van der Waals surface area contributed by atoms with Crippen molar-refractivity contribution in [3.8, 4) is 0 Å². The van der Waals surface area contributed by atoms with Crippen molar-refractivity contribution in [1.29, 1.82) is 0 Å². The number of hydrogen-bond acceptors (Lipinski definition) is 2. The summed E-state index contributed by atoms with van der Waals surface area (Å²) in [7, 11) is 0. The summed E-state index contributed by atoms with van der Waals surface area (Å²) in [6.07, 6.45) is 2.75. The number of alkyl halides is 2. The second kappa shape index (κ2) is 3.68. The Morgan fingerprint density at radius 1 is 1.38 bits per heavy atom. The average Bonchev–Trinajstić information content (AvgIpc) is 2.88. The Morgan fingerprint density at radius 3 is 2.50 bits per heavy atom. The van der Waals surface area contributed by atoms with Crippen molar-refractivity contribution in [2.24, 2.45) is 11.7 Å². The van der Waals surface area contributed by atoms with Crippen molar-refractivity contribution >= 4 is 11.8 Å². The van der Waals surface area contributed by atoms with Gasteiger partial charge in [0.05, 0.1) is 6.42 Å². The van der Waals surface area contributed by atoms with E-state index < -0.39 is 30.2 Å². The van der Waals surface area contributed by atoms with Crippen molar-refractivity contribution < 1.29 is 18.4 Å². The fraction of sp³-hybridized carbons (Fsp3) is 0.700. The monoisotopic (exact) mass is 231 g/mol. The summed E-state index contributed by atoms with van der Waals surface area (Å²) in [5.74, 6) is -4.64. The Kier molecular flexibility index (Phi) is 2.59. The van der Waals surface area contributed by atoms with Crippen LogP contribution in [0.5, 0.6) is 0 Å². The molecule has 16 heavy (non-hydrogen) atoms. The minimum atomic E-state index is -3.20. The van der Waals surface area contributed by atoms with Crippen molar-refractivity contribution in [2.45, 2.75) is 31.2 Å². The minimum absolute atomic E-state index is 0.108. The van der Waals surface area contributed by atoms with Crippen LogP contribution >= 0.6 is 0 Å². The van der Waals surface area contributed by atoms with E-state index in [1.165, 1.54) is 6.42 Å². The molecule has 0 spiro atoms. The van der Waals surface area contributed by atoms with Crippen LogP contribution in [0.4, 0.5) is 8.78 Å². The van der Waals surface area contributed by atoms with Crippen LogP contribution in [0.3, 0.4) is 0 Å². The van der Waals surface area contributed by atoms with Gasteiger partial charge in [-0.05, 0) is 18.8 Å². The van der Waals surface area contributed by atoms with Gasteiger partial charge in [-0.15, -0.1) is 0 Å². The standard InChI is InChI=1S/C10H13F2N2O2/c11-10(12)3-4-14(8(10)9(13)16)7(15)5-6-1-2-6/h5-6,8H,1-4H2,(H2,13,16)/t8-/m1/s1. The summed E-state index contributed by atoms with van der Waals surface area (Å²) in [5, 5.41) is 0. The van der Waals surface area contributed by atoms with Gasteiger partial charge >= 0.3 is 0 Å². The lowest BCUT2D eigenvalue weighted by atomic mass is 10.1. The number of likely N-dealkylation sites (tertiary alicyclic amines) is 1. The Morgan fingerprint density at radius 2 is 2.00 bits per heavy atom. The molecule has 1 atom stereocenters. The van der Waals surface area contributed by atoms with E-state index in [9.17, 15) is 18.4 Å². The summed E-state index contributed by atoms with van der Waals surface area (Å²) in [5.41, 5.74) is 4.92. The number of nitrogens with zero attached hydrogens (tertiary/aromatic N) is 1. The third-order valence-corrected chi connectivity index (χ3v) is 2.95. The third-order valence-electron chi connectivity index (χ3n) is 2.95. The van der Waals surface area contributed by atoms with Gasteiger partial charge in [0.15, 0.2) is 6.04 Å². The van der Waals surface area contributed by atoms with Crippen LogP contribution < -0.4 is 5.73 Å². The predicted octanol–water partition coefficient (Wildman–Crippen LogP) is 0.322. The van der Waals surface area contributed by atoms with Gasteiger partial charge in [-0.2, -0.15) is 0 Å². The van der Waals surface area contributed by atoms with Gasteiger partial charge in [0.2, 0.25) is 11.8 Å². The molecule has 2 rings (SSSR count). The highest BCUT2D eigenvalue weighted by Crippen LogP contribution is 2.37. The lowest BCUT2D eigenvalue weighted by Gasteiger charge is -2.24. The molecule has 1 aliphatic heterocycles. The topological polar surface area (TPSA) is 63.4 Å².